The molecule has 1 aromatic carbocycles. The van der Waals surface area contributed by atoms with E-state index in [1.165, 1.54) is 0 Å². The average Bonchev–Trinajstić information content (AvgIpc) is 2.18. The molecule has 0 spiro atoms. The predicted molar refractivity (Wildman–Crippen MR) is 49.5 cm³/mol. The van der Waals surface area contributed by atoms with Gasteiger partial charge in [0.05, 0.1) is 18.8 Å². The van der Waals surface area contributed by atoms with Gasteiger partial charge in [0, 0.05) is 0 Å². The summed E-state index contributed by atoms with van der Waals surface area (Å²) in [4.78, 5) is 0. The molecular formula is C9H12N2O2. The van der Waals surface area contributed by atoms with Gasteiger partial charge in [-0.1, -0.05) is 12.1 Å². The van der Waals surface area contributed by atoms with E-state index in [2.05, 4.69) is 0 Å². The molecule has 1 unspecified atom stereocenters. The van der Waals surface area contributed by atoms with Crippen LogP contribution in [-0.4, -0.2) is 24.4 Å². The number of nitrogens with two attached hydrogens (primary N) is 1. The first kappa shape index (κ1) is 8.34. The Kier molecular flexibility index (Phi) is 2.08. The van der Waals surface area contributed by atoms with E-state index in [4.69, 9.17) is 15.7 Å². The van der Waals surface area contributed by atoms with Crippen LogP contribution in [0.4, 0.5) is 5.69 Å². The number of ether oxygens (including phenoxy) is 1. The fraction of sp³-hybridized carbons (Fsp3) is 0.333. The number of benzene rings is 1. The Balaban J connectivity index is 2.31. The maximum atomic E-state index is 8.93. The normalized spacial score (nSPS) is 20.8. The molecular weight excluding hydrogens is 168 g/mol. The third-order valence-corrected chi connectivity index (χ3v) is 2.07. The molecule has 1 atom stereocenters. The van der Waals surface area contributed by atoms with Crippen LogP contribution >= 0.6 is 0 Å². The van der Waals surface area contributed by atoms with E-state index < -0.39 is 0 Å². The lowest BCUT2D eigenvalue weighted by Crippen LogP contribution is -2.45. The number of para-hydroxylation sites is 2. The average molecular weight is 180 g/mol. The number of hydrogen-bond acceptors (Lipinski definition) is 4. The lowest BCUT2D eigenvalue weighted by molar-refractivity contribution is 0.112. The highest BCUT2D eigenvalue weighted by Gasteiger charge is 2.22. The van der Waals surface area contributed by atoms with Crippen molar-refractivity contribution in [3.8, 4) is 5.75 Å². The van der Waals surface area contributed by atoms with Crippen molar-refractivity contribution in [2.75, 3.05) is 18.2 Å². The van der Waals surface area contributed by atoms with Crippen molar-refractivity contribution in [1.82, 2.24) is 0 Å². The van der Waals surface area contributed by atoms with Gasteiger partial charge in [-0.25, -0.2) is 5.84 Å². The van der Waals surface area contributed by atoms with Crippen molar-refractivity contribution in [2.45, 2.75) is 6.10 Å². The monoisotopic (exact) mass is 180 g/mol. The topological polar surface area (TPSA) is 58.7 Å². The van der Waals surface area contributed by atoms with Gasteiger partial charge in [-0.2, -0.15) is 0 Å². The molecule has 1 aliphatic heterocycles. The molecule has 70 valence electrons. The molecule has 0 fully saturated rings. The summed E-state index contributed by atoms with van der Waals surface area (Å²) in [5.41, 5.74) is 0.868. The molecule has 0 saturated heterocycles. The summed E-state index contributed by atoms with van der Waals surface area (Å²) >= 11 is 0. The second kappa shape index (κ2) is 3.24. The highest BCUT2D eigenvalue weighted by molar-refractivity contribution is 5.58. The Hall–Kier alpha value is -1.26. The molecule has 2 rings (SSSR count). The molecule has 1 heterocycles. The molecule has 1 aromatic rings. The zero-order valence-electron chi connectivity index (χ0n) is 7.18. The summed E-state index contributed by atoms with van der Waals surface area (Å²) in [6.45, 7) is 0.509. The largest absolute Gasteiger partial charge is 0.484 e. The van der Waals surface area contributed by atoms with Gasteiger partial charge in [0.1, 0.15) is 11.9 Å². The summed E-state index contributed by atoms with van der Waals surface area (Å²) < 4.78 is 5.48. The number of aliphatic hydroxyl groups excluding tert-OH is 1. The minimum atomic E-state index is -0.222. The van der Waals surface area contributed by atoms with Crippen molar-refractivity contribution in [3.63, 3.8) is 0 Å². The second-order valence-electron chi connectivity index (χ2n) is 3.04. The van der Waals surface area contributed by atoms with Crippen molar-refractivity contribution in [2.24, 2.45) is 5.84 Å². The summed E-state index contributed by atoms with van der Waals surface area (Å²) in [7, 11) is 0. The van der Waals surface area contributed by atoms with Gasteiger partial charge < -0.3 is 14.9 Å². The number of hydrogen-bond donors (Lipinski definition) is 2. The van der Waals surface area contributed by atoms with Crippen molar-refractivity contribution < 1.29 is 9.84 Å². The first-order chi connectivity index (χ1) is 6.31. The molecule has 0 aliphatic carbocycles. The second-order valence-corrected chi connectivity index (χ2v) is 3.04. The molecule has 13 heavy (non-hydrogen) atoms. The van der Waals surface area contributed by atoms with Crippen LogP contribution in [0, 0.1) is 0 Å². The molecule has 4 heteroatoms. The summed E-state index contributed by atoms with van der Waals surface area (Å²) in [6, 6.07) is 7.52. The summed E-state index contributed by atoms with van der Waals surface area (Å²) in [5.74, 6) is 6.49. The minimum Gasteiger partial charge on any atom is -0.484 e. The Labute approximate surface area is 76.5 Å². The van der Waals surface area contributed by atoms with Gasteiger partial charge >= 0.3 is 0 Å². The highest BCUT2D eigenvalue weighted by atomic mass is 16.5. The minimum absolute atomic E-state index is 0.0119. The van der Waals surface area contributed by atoms with E-state index in [1.54, 1.807) is 5.01 Å². The molecule has 1 aliphatic rings. The first-order valence-corrected chi connectivity index (χ1v) is 4.20. The van der Waals surface area contributed by atoms with Crippen LogP contribution < -0.4 is 15.6 Å². The fourth-order valence-corrected chi connectivity index (χ4v) is 1.42. The van der Waals surface area contributed by atoms with Gasteiger partial charge in [-0.3, -0.25) is 0 Å². The Morgan fingerprint density at radius 2 is 2.31 bits per heavy atom. The summed E-state index contributed by atoms with van der Waals surface area (Å²) in [6.07, 6.45) is -0.222. The Morgan fingerprint density at radius 1 is 1.54 bits per heavy atom. The van der Waals surface area contributed by atoms with Crippen molar-refractivity contribution >= 4 is 5.69 Å². The van der Waals surface area contributed by atoms with Gasteiger partial charge in [-0.15, -0.1) is 0 Å². The van der Waals surface area contributed by atoms with Crippen molar-refractivity contribution in [1.29, 1.82) is 0 Å². The molecule has 0 radical (unpaired) electrons. The number of nitrogens with zero attached hydrogens (tertiary/aromatic N) is 1. The van der Waals surface area contributed by atoms with Gasteiger partial charge in [-0.05, 0) is 12.1 Å². The summed E-state index contributed by atoms with van der Waals surface area (Å²) in [5, 5.41) is 10.5. The van der Waals surface area contributed by atoms with Gasteiger partial charge in [0.25, 0.3) is 0 Å². The maximum absolute atomic E-state index is 8.93. The molecule has 0 amide bonds. The fourth-order valence-electron chi connectivity index (χ4n) is 1.42. The maximum Gasteiger partial charge on any atom is 0.144 e. The molecule has 3 N–H and O–H groups in total. The van der Waals surface area contributed by atoms with E-state index in [-0.39, 0.29) is 12.7 Å². The lowest BCUT2D eigenvalue weighted by atomic mass is 10.2. The SMILES string of the molecule is NN1CC(CO)Oc2ccccc21. The van der Waals surface area contributed by atoms with E-state index >= 15 is 0 Å². The number of fused-ring (bicyclic) bond motifs is 1. The highest BCUT2D eigenvalue weighted by Crippen LogP contribution is 2.30. The number of hydrazine groups is 1. The van der Waals surface area contributed by atoms with Crippen LogP contribution in [0.1, 0.15) is 0 Å². The predicted octanol–water partition coefficient (Wildman–Crippen LogP) is 0.120. The number of anilines is 1. The Morgan fingerprint density at radius 3 is 3.08 bits per heavy atom. The molecule has 0 aromatic heterocycles. The number of aliphatic hydroxyl groups is 1. The van der Waals surface area contributed by atoms with Crippen LogP contribution in [0.25, 0.3) is 0 Å². The van der Waals surface area contributed by atoms with Gasteiger partial charge in [0.2, 0.25) is 0 Å². The van der Waals surface area contributed by atoms with Crippen LogP contribution in [0.15, 0.2) is 24.3 Å². The van der Waals surface area contributed by atoms with E-state index in [0.717, 1.165) is 11.4 Å². The molecule has 0 bridgehead atoms. The smallest absolute Gasteiger partial charge is 0.144 e. The molecule has 4 nitrogen and oxygen atoms in total. The van der Waals surface area contributed by atoms with Crippen molar-refractivity contribution in [3.05, 3.63) is 24.3 Å². The van der Waals surface area contributed by atoms with E-state index in [9.17, 15) is 0 Å². The molecule has 0 saturated carbocycles. The quantitative estimate of drug-likeness (QED) is 0.603. The first-order valence-electron chi connectivity index (χ1n) is 4.20. The van der Waals surface area contributed by atoms with E-state index in [1.807, 2.05) is 24.3 Å². The third kappa shape index (κ3) is 1.46. The van der Waals surface area contributed by atoms with Gasteiger partial charge in [0.15, 0.2) is 0 Å². The standard InChI is InChI=1S/C9H12N2O2/c10-11-5-7(6-12)13-9-4-2-1-3-8(9)11/h1-4,7,12H,5-6,10H2. The van der Waals surface area contributed by atoms with E-state index in [0.29, 0.717) is 6.54 Å². The third-order valence-electron chi connectivity index (χ3n) is 2.07. The van der Waals surface area contributed by atoms with Crippen LogP contribution in [0.2, 0.25) is 0 Å². The van der Waals surface area contributed by atoms with Crippen LogP contribution in [0.3, 0.4) is 0 Å². The zero-order valence-corrected chi connectivity index (χ0v) is 7.18. The lowest BCUT2D eigenvalue weighted by Gasteiger charge is -2.32. The van der Waals surface area contributed by atoms with Crippen LogP contribution in [0.5, 0.6) is 5.75 Å². The Bertz CT molecular complexity index is 303. The number of rotatable bonds is 1. The van der Waals surface area contributed by atoms with Crippen LogP contribution in [-0.2, 0) is 0 Å². The zero-order chi connectivity index (χ0) is 9.26.